The van der Waals surface area contributed by atoms with E-state index in [0.29, 0.717) is 4.47 Å². The molecule has 0 N–H and O–H groups in total. The average molecular weight is 334 g/mol. The SMILES string of the molecule is COC(=O)[C@@H](C#N)c1cc(Br)c(Cl)cc1[N+](=O)[O-]. The number of rotatable bonds is 3. The van der Waals surface area contributed by atoms with E-state index >= 15 is 0 Å². The zero-order valence-corrected chi connectivity index (χ0v) is 11.4. The summed E-state index contributed by atoms with van der Waals surface area (Å²) in [5.41, 5.74) is -0.467. The molecule has 0 heterocycles. The van der Waals surface area contributed by atoms with Gasteiger partial charge in [-0.1, -0.05) is 11.6 Å². The van der Waals surface area contributed by atoms with Gasteiger partial charge in [0.25, 0.3) is 5.69 Å². The lowest BCUT2D eigenvalue weighted by Crippen LogP contribution is -2.14. The number of nitro groups is 1. The van der Waals surface area contributed by atoms with Crippen LogP contribution in [0.15, 0.2) is 16.6 Å². The number of esters is 1. The summed E-state index contributed by atoms with van der Waals surface area (Å²) in [5.74, 6) is -2.24. The Hall–Kier alpha value is -1.65. The Balaban J connectivity index is 3.47. The Morgan fingerprint density at radius 1 is 1.67 bits per heavy atom. The summed E-state index contributed by atoms with van der Waals surface area (Å²) in [6, 6.07) is 4.01. The minimum atomic E-state index is -1.37. The third-order valence-electron chi connectivity index (χ3n) is 2.14. The highest BCUT2D eigenvalue weighted by atomic mass is 79.9. The van der Waals surface area contributed by atoms with Crippen molar-refractivity contribution >= 4 is 39.2 Å². The van der Waals surface area contributed by atoms with Gasteiger partial charge in [0.05, 0.1) is 28.7 Å². The molecule has 6 nitrogen and oxygen atoms in total. The van der Waals surface area contributed by atoms with Crippen LogP contribution in [0.4, 0.5) is 5.69 Å². The highest BCUT2D eigenvalue weighted by Gasteiger charge is 2.30. The molecule has 1 aromatic rings. The molecular weight excluding hydrogens is 327 g/mol. The van der Waals surface area contributed by atoms with Crippen molar-refractivity contribution in [3.05, 3.63) is 37.3 Å². The highest BCUT2D eigenvalue weighted by molar-refractivity contribution is 9.10. The largest absolute Gasteiger partial charge is 0.468 e. The predicted octanol–water partition coefficient (Wildman–Crippen LogP) is 2.79. The zero-order chi connectivity index (χ0) is 13.9. The third-order valence-corrected chi connectivity index (χ3v) is 3.34. The predicted molar refractivity (Wildman–Crippen MR) is 66.2 cm³/mol. The average Bonchev–Trinajstić information content (AvgIpc) is 2.33. The van der Waals surface area contributed by atoms with Gasteiger partial charge in [0.2, 0.25) is 0 Å². The van der Waals surface area contributed by atoms with Gasteiger partial charge in [-0.05, 0) is 22.0 Å². The van der Waals surface area contributed by atoms with E-state index in [-0.39, 0.29) is 10.6 Å². The normalized spacial score (nSPS) is 11.4. The molecule has 1 rings (SSSR count). The zero-order valence-electron chi connectivity index (χ0n) is 9.02. The molecule has 0 saturated heterocycles. The fraction of sp³-hybridized carbons (Fsp3) is 0.200. The Morgan fingerprint density at radius 3 is 2.72 bits per heavy atom. The molecular formula is C10H6BrClN2O4. The van der Waals surface area contributed by atoms with Gasteiger partial charge in [-0.25, -0.2) is 0 Å². The van der Waals surface area contributed by atoms with Crippen LogP contribution >= 0.6 is 27.5 Å². The number of nitriles is 1. The summed E-state index contributed by atoms with van der Waals surface area (Å²) in [5, 5.41) is 19.9. The van der Waals surface area contributed by atoms with E-state index in [0.717, 1.165) is 13.2 Å². The van der Waals surface area contributed by atoms with E-state index in [1.165, 1.54) is 6.07 Å². The third kappa shape index (κ3) is 2.78. The van der Waals surface area contributed by atoms with Gasteiger partial charge in [-0.2, -0.15) is 5.26 Å². The molecule has 0 spiro atoms. The van der Waals surface area contributed by atoms with Crippen molar-refractivity contribution < 1.29 is 14.5 Å². The van der Waals surface area contributed by atoms with Crippen LogP contribution in [0.3, 0.4) is 0 Å². The minimum absolute atomic E-state index is 0.0642. The molecule has 0 saturated carbocycles. The number of nitrogens with zero attached hydrogens (tertiary/aromatic N) is 2. The van der Waals surface area contributed by atoms with Gasteiger partial charge in [-0.3, -0.25) is 14.9 Å². The molecule has 1 aromatic carbocycles. The Labute approximate surface area is 115 Å². The Morgan fingerprint density at radius 2 is 2.28 bits per heavy atom. The molecule has 0 amide bonds. The van der Waals surface area contributed by atoms with Crippen LogP contribution in [0, 0.1) is 21.4 Å². The second-order valence-corrected chi connectivity index (χ2v) is 4.43. The van der Waals surface area contributed by atoms with Gasteiger partial charge in [0.1, 0.15) is 0 Å². The molecule has 0 unspecified atom stereocenters. The van der Waals surface area contributed by atoms with Crippen molar-refractivity contribution in [2.75, 3.05) is 7.11 Å². The lowest BCUT2D eigenvalue weighted by molar-refractivity contribution is -0.385. The quantitative estimate of drug-likeness (QED) is 0.481. The van der Waals surface area contributed by atoms with Gasteiger partial charge in [-0.15, -0.1) is 0 Å². The summed E-state index contributed by atoms with van der Waals surface area (Å²) < 4.78 is 4.79. The van der Waals surface area contributed by atoms with E-state index in [4.69, 9.17) is 16.9 Å². The van der Waals surface area contributed by atoms with Crippen LogP contribution in [-0.2, 0) is 9.53 Å². The topological polar surface area (TPSA) is 93.2 Å². The van der Waals surface area contributed by atoms with E-state index in [2.05, 4.69) is 20.7 Å². The molecule has 0 aliphatic carbocycles. The fourth-order valence-corrected chi connectivity index (χ4v) is 1.83. The minimum Gasteiger partial charge on any atom is -0.468 e. The molecule has 0 bridgehead atoms. The number of hydrogen-bond donors (Lipinski definition) is 0. The van der Waals surface area contributed by atoms with Crippen LogP contribution in [0.2, 0.25) is 5.02 Å². The molecule has 0 aromatic heterocycles. The van der Waals surface area contributed by atoms with E-state index in [1.807, 2.05) is 0 Å². The van der Waals surface area contributed by atoms with Crippen molar-refractivity contribution in [3.8, 4) is 6.07 Å². The number of nitro benzene ring substituents is 1. The number of ether oxygens (including phenoxy) is 1. The van der Waals surface area contributed by atoms with Crippen LogP contribution < -0.4 is 0 Å². The first-order chi connectivity index (χ1) is 8.42. The first kappa shape index (κ1) is 14.4. The summed E-state index contributed by atoms with van der Waals surface area (Å²) in [6.07, 6.45) is 0. The highest BCUT2D eigenvalue weighted by Crippen LogP contribution is 2.35. The van der Waals surface area contributed by atoms with Gasteiger partial charge >= 0.3 is 5.97 Å². The fourth-order valence-electron chi connectivity index (χ4n) is 1.31. The maximum absolute atomic E-state index is 11.4. The van der Waals surface area contributed by atoms with E-state index in [9.17, 15) is 14.9 Å². The molecule has 0 aliphatic heterocycles. The Kier molecular flexibility index (Phi) is 4.64. The number of benzene rings is 1. The molecule has 94 valence electrons. The van der Waals surface area contributed by atoms with E-state index in [1.54, 1.807) is 6.07 Å². The maximum atomic E-state index is 11.4. The second-order valence-electron chi connectivity index (χ2n) is 3.17. The second kappa shape index (κ2) is 5.80. The summed E-state index contributed by atoms with van der Waals surface area (Å²) >= 11 is 8.82. The first-order valence-corrected chi connectivity index (χ1v) is 5.70. The van der Waals surface area contributed by atoms with Crippen molar-refractivity contribution in [1.29, 1.82) is 5.26 Å². The molecule has 8 heteroatoms. The summed E-state index contributed by atoms with van der Waals surface area (Å²) in [7, 11) is 1.10. The summed E-state index contributed by atoms with van der Waals surface area (Å²) in [6.45, 7) is 0. The van der Waals surface area contributed by atoms with Crippen molar-refractivity contribution in [2.45, 2.75) is 5.92 Å². The monoisotopic (exact) mass is 332 g/mol. The Bertz CT molecular complexity index is 556. The van der Waals surface area contributed by atoms with Crippen LogP contribution in [0.5, 0.6) is 0 Å². The van der Waals surface area contributed by atoms with Gasteiger partial charge in [0, 0.05) is 10.5 Å². The standard InChI is InChI=1S/C10H6BrClN2O4/c1-18-10(15)6(4-13)5-2-7(11)8(12)3-9(5)14(16)17/h2-3,6H,1H3/t6-/m0/s1. The number of hydrogen-bond acceptors (Lipinski definition) is 5. The number of halogens is 2. The molecule has 1 atom stereocenters. The van der Waals surface area contributed by atoms with Crippen LogP contribution in [-0.4, -0.2) is 18.0 Å². The number of carbonyl (C=O) groups excluding carboxylic acids is 1. The van der Waals surface area contributed by atoms with Gasteiger partial charge < -0.3 is 4.74 Å². The molecule has 0 aliphatic rings. The first-order valence-electron chi connectivity index (χ1n) is 4.53. The molecule has 0 fully saturated rings. The number of methoxy groups -OCH3 is 1. The van der Waals surface area contributed by atoms with Crippen molar-refractivity contribution in [1.82, 2.24) is 0 Å². The lowest BCUT2D eigenvalue weighted by atomic mass is 9.99. The molecule has 0 radical (unpaired) electrons. The summed E-state index contributed by atoms with van der Waals surface area (Å²) in [4.78, 5) is 21.6. The number of carbonyl (C=O) groups is 1. The van der Waals surface area contributed by atoms with Crippen molar-refractivity contribution in [2.24, 2.45) is 0 Å². The van der Waals surface area contributed by atoms with Gasteiger partial charge in [0.15, 0.2) is 5.92 Å². The molecule has 18 heavy (non-hydrogen) atoms. The van der Waals surface area contributed by atoms with Crippen LogP contribution in [0.1, 0.15) is 11.5 Å². The van der Waals surface area contributed by atoms with E-state index < -0.39 is 22.5 Å². The van der Waals surface area contributed by atoms with Crippen LogP contribution in [0.25, 0.3) is 0 Å². The smallest absolute Gasteiger partial charge is 0.327 e. The lowest BCUT2D eigenvalue weighted by Gasteiger charge is -2.09. The van der Waals surface area contributed by atoms with Crippen molar-refractivity contribution in [3.63, 3.8) is 0 Å². The maximum Gasteiger partial charge on any atom is 0.327 e.